The van der Waals surface area contributed by atoms with E-state index >= 15 is 0 Å². The molecule has 2 heterocycles. The molecule has 24 heavy (non-hydrogen) atoms. The number of fused-ring (bicyclic) bond motifs is 1. The maximum Gasteiger partial charge on any atom is 0.251 e. The van der Waals surface area contributed by atoms with Crippen molar-refractivity contribution in [3.8, 4) is 11.5 Å². The van der Waals surface area contributed by atoms with Crippen molar-refractivity contribution in [2.24, 2.45) is 0 Å². The van der Waals surface area contributed by atoms with E-state index in [1.807, 2.05) is 31.1 Å². The summed E-state index contributed by atoms with van der Waals surface area (Å²) < 4.78 is 11.0. The van der Waals surface area contributed by atoms with E-state index in [0.29, 0.717) is 41.8 Å². The number of benzene rings is 1. The van der Waals surface area contributed by atoms with E-state index in [1.54, 1.807) is 18.3 Å². The molecule has 0 aliphatic carbocycles. The van der Waals surface area contributed by atoms with Crippen LogP contribution in [0.3, 0.4) is 0 Å². The van der Waals surface area contributed by atoms with Crippen LogP contribution in [0.15, 0.2) is 30.5 Å². The molecule has 1 aromatic carbocycles. The van der Waals surface area contributed by atoms with E-state index in [2.05, 4.69) is 10.3 Å². The van der Waals surface area contributed by atoms with E-state index in [0.717, 1.165) is 11.4 Å². The molecule has 0 saturated carbocycles. The standard InChI is InChI=1S/C17H18ClN3O3/c1-21(2)16-11(4-3-5-19-16)10-20-17(22)12-8-13(18)15-14(9-12)23-6-7-24-15/h3-5,8-9H,6-7,10H2,1-2H3,(H,20,22). The highest BCUT2D eigenvalue weighted by Crippen LogP contribution is 2.38. The van der Waals surface area contributed by atoms with Gasteiger partial charge in [-0.3, -0.25) is 4.79 Å². The molecule has 126 valence electrons. The van der Waals surface area contributed by atoms with Crippen LogP contribution in [0, 0.1) is 0 Å². The molecule has 0 radical (unpaired) electrons. The van der Waals surface area contributed by atoms with Crippen molar-refractivity contribution in [3.05, 3.63) is 46.6 Å². The third kappa shape index (κ3) is 3.38. The molecule has 1 aliphatic heterocycles. The fourth-order valence-electron chi connectivity index (χ4n) is 2.49. The maximum absolute atomic E-state index is 12.4. The Labute approximate surface area is 145 Å². The molecule has 1 aliphatic rings. The Balaban J connectivity index is 1.75. The summed E-state index contributed by atoms with van der Waals surface area (Å²) in [5.41, 5.74) is 1.36. The monoisotopic (exact) mass is 347 g/mol. The van der Waals surface area contributed by atoms with Crippen LogP contribution in [0.25, 0.3) is 0 Å². The quantitative estimate of drug-likeness (QED) is 0.920. The highest BCUT2D eigenvalue weighted by Gasteiger charge is 2.19. The summed E-state index contributed by atoms with van der Waals surface area (Å²) in [6.45, 7) is 1.26. The summed E-state index contributed by atoms with van der Waals surface area (Å²) in [5, 5.41) is 3.25. The Hall–Kier alpha value is -2.47. The second-order valence-corrected chi connectivity index (χ2v) is 5.95. The summed E-state index contributed by atoms with van der Waals surface area (Å²) >= 11 is 6.17. The Morgan fingerprint density at radius 2 is 2.12 bits per heavy atom. The van der Waals surface area contributed by atoms with Crippen molar-refractivity contribution in [3.63, 3.8) is 0 Å². The number of nitrogens with one attached hydrogen (secondary N) is 1. The van der Waals surface area contributed by atoms with Crippen LogP contribution in [0.1, 0.15) is 15.9 Å². The highest BCUT2D eigenvalue weighted by molar-refractivity contribution is 6.32. The summed E-state index contributed by atoms with van der Waals surface area (Å²) in [5.74, 6) is 1.57. The van der Waals surface area contributed by atoms with Crippen molar-refractivity contribution < 1.29 is 14.3 Å². The van der Waals surface area contributed by atoms with Crippen molar-refractivity contribution >= 4 is 23.3 Å². The summed E-state index contributed by atoms with van der Waals surface area (Å²) in [6, 6.07) is 7.00. The number of amides is 1. The number of anilines is 1. The predicted molar refractivity (Wildman–Crippen MR) is 92.2 cm³/mol. The van der Waals surface area contributed by atoms with Gasteiger partial charge in [0.15, 0.2) is 11.5 Å². The van der Waals surface area contributed by atoms with Gasteiger partial charge in [-0.05, 0) is 18.2 Å². The Kier molecular flexibility index (Phi) is 4.76. The first-order valence-electron chi connectivity index (χ1n) is 7.55. The Bertz CT molecular complexity index is 765. The SMILES string of the molecule is CN(C)c1ncccc1CNC(=O)c1cc(Cl)c2c(c1)OCCO2. The number of hydrogen-bond donors (Lipinski definition) is 1. The first-order valence-corrected chi connectivity index (χ1v) is 7.92. The molecule has 1 amide bonds. The van der Waals surface area contributed by atoms with E-state index in [-0.39, 0.29) is 5.91 Å². The Morgan fingerprint density at radius 3 is 2.92 bits per heavy atom. The van der Waals surface area contributed by atoms with Gasteiger partial charge in [0, 0.05) is 38.0 Å². The van der Waals surface area contributed by atoms with Crippen molar-refractivity contribution in [1.29, 1.82) is 0 Å². The van der Waals surface area contributed by atoms with E-state index in [1.165, 1.54) is 0 Å². The number of carbonyl (C=O) groups is 1. The van der Waals surface area contributed by atoms with E-state index in [9.17, 15) is 4.79 Å². The molecular formula is C17H18ClN3O3. The molecule has 7 heteroatoms. The molecule has 6 nitrogen and oxygen atoms in total. The van der Waals surface area contributed by atoms with E-state index in [4.69, 9.17) is 21.1 Å². The van der Waals surface area contributed by atoms with Crippen LogP contribution in [0.2, 0.25) is 5.02 Å². The van der Waals surface area contributed by atoms with Gasteiger partial charge in [-0.15, -0.1) is 0 Å². The molecule has 1 aromatic heterocycles. The fraction of sp³-hybridized carbons (Fsp3) is 0.294. The van der Waals surface area contributed by atoms with Gasteiger partial charge in [0.1, 0.15) is 19.0 Å². The largest absolute Gasteiger partial charge is 0.486 e. The zero-order valence-electron chi connectivity index (χ0n) is 13.5. The van der Waals surface area contributed by atoms with E-state index < -0.39 is 0 Å². The minimum absolute atomic E-state index is 0.234. The fourth-order valence-corrected chi connectivity index (χ4v) is 2.76. The summed E-state index contributed by atoms with van der Waals surface area (Å²) in [6.07, 6.45) is 1.72. The number of rotatable bonds is 4. The third-order valence-electron chi connectivity index (χ3n) is 3.59. The van der Waals surface area contributed by atoms with Crippen LogP contribution in [0.5, 0.6) is 11.5 Å². The van der Waals surface area contributed by atoms with Gasteiger partial charge in [0.25, 0.3) is 5.91 Å². The lowest BCUT2D eigenvalue weighted by molar-refractivity contribution is 0.0949. The number of halogens is 1. The van der Waals surface area contributed by atoms with Crippen LogP contribution in [0.4, 0.5) is 5.82 Å². The number of ether oxygens (including phenoxy) is 2. The molecule has 0 fully saturated rings. The normalized spacial score (nSPS) is 12.6. The average Bonchev–Trinajstić information content (AvgIpc) is 2.59. The molecule has 0 atom stereocenters. The Morgan fingerprint density at radius 1 is 1.33 bits per heavy atom. The maximum atomic E-state index is 12.4. The minimum atomic E-state index is -0.234. The second kappa shape index (κ2) is 6.97. The van der Waals surface area contributed by atoms with Gasteiger partial charge in [0.2, 0.25) is 0 Å². The second-order valence-electron chi connectivity index (χ2n) is 5.55. The number of nitrogens with zero attached hydrogens (tertiary/aromatic N) is 2. The van der Waals surface area contributed by atoms with Gasteiger partial charge in [-0.1, -0.05) is 17.7 Å². The topological polar surface area (TPSA) is 63.7 Å². The lowest BCUT2D eigenvalue weighted by Crippen LogP contribution is -2.25. The molecule has 2 aromatic rings. The van der Waals surface area contributed by atoms with Crippen molar-refractivity contribution in [1.82, 2.24) is 10.3 Å². The van der Waals surface area contributed by atoms with Gasteiger partial charge >= 0.3 is 0 Å². The molecular weight excluding hydrogens is 330 g/mol. The first kappa shape index (κ1) is 16.4. The first-order chi connectivity index (χ1) is 11.6. The van der Waals surface area contributed by atoms with Gasteiger partial charge in [-0.2, -0.15) is 0 Å². The van der Waals surface area contributed by atoms with Gasteiger partial charge in [-0.25, -0.2) is 4.98 Å². The lowest BCUT2D eigenvalue weighted by atomic mass is 10.1. The third-order valence-corrected chi connectivity index (χ3v) is 3.87. The lowest BCUT2D eigenvalue weighted by Gasteiger charge is -2.20. The molecule has 0 saturated heterocycles. The summed E-state index contributed by atoms with van der Waals surface area (Å²) in [7, 11) is 3.82. The molecule has 3 rings (SSSR count). The van der Waals surface area contributed by atoms with Crippen LogP contribution < -0.4 is 19.7 Å². The molecule has 0 spiro atoms. The predicted octanol–water partition coefficient (Wildman–Crippen LogP) is 2.50. The molecule has 0 bridgehead atoms. The minimum Gasteiger partial charge on any atom is -0.486 e. The van der Waals surface area contributed by atoms with Crippen LogP contribution in [-0.2, 0) is 6.54 Å². The number of hydrogen-bond acceptors (Lipinski definition) is 5. The molecule has 0 unspecified atom stereocenters. The van der Waals surface area contributed by atoms with Crippen molar-refractivity contribution in [2.75, 3.05) is 32.2 Å². The van der Waals surface area contributed by atoms with Gasteiger partial charge in [0.05, 0.1) is 5.02 Å². The number of pyridine rings is 1. The van der Waals surface area contributed by atoms with Gasteiger partial charge < -0.3 is 19.7 Å². The summed E-state index contributed by atoms with van der Waals surface area (Å²) in [4.78, 5) is 18.7. The smallest absolute Gasteiger partial charge is 0.251 e. The van der Waals surface area contributed by atoms with Crippen LogP contribution >= 0.6 is 11.6 Å². The van der Waals surface area contributed by atoms with Crippen molar-refractivity contribution in [2.45, 2.75) is 6.54 Å². The average molecular weight is 348 g/mol. The molecule has 1 N–H and O–H groups in total. The van der Waals surface area contributed by atoms with Crippen LogP contribution in [-0.4, -0.2) is 38.2 Å². The zero-order valence-corrected chi connectivity index (χ0v) is 14.3. The zero-order chi connectivity index (χ0) is 17.1. The highest BCUT2D eigenvalue weighted by atomic mass is 35.5. The number of carbonyl (C=O) groups excluding carboxylic acids is 1. The number of aromatic nitrogens is 1.